The van der Waals surface area contributed by atoms with Gasteiger partial charge in [0.25, 0.3) is 0 Å². The first-order chi connectivity index (χ1) is 9.22. The van der Waals surface area contributed by atoms with E-state index in [9.17, 15) is 4.79 Å². The Labute approximate surface area is 115 Å². The molecule has 1 aromatic rings. The van der Waals surface area contributed by atoms with E-state index in [1.54, 1.807) is 6.92 Å². The van der Waals surface area contributed by atoms with Crippen LogP contribution in [-0.2, 0) is 10.2 Å². The number of rotatable bonds is 3. The first-order valence-electron chi connectivity index (χ1n) is 7.59. The smallest absolute Gasteiger partial charge is 0.140 e. The van der Waals surface area contributed by atoms with Gasteiger partial charge in [0.15, 0.2) is 0 Å². The average Bonchev–Trinajstić information content (AvgIpc) is 3.11. The van der Waals surface area contributed by atoms with Crippen molar-refractivity contribution < 1.29 is 4.79 Å². The van der Waals surface area contributed by atoms with Crippen LogP contribution in [-0.4, -0.2) is 18.9 Å². The Morgan fingerprint density at radius 2 is 1.58 bits per heavy atom. The molecule has 1 saturated carbocycles. The maximum atomic E-state index is 12.1. The summed E-state index contributed by atoms with van der Waals surface area (Å²) in [5.74, 6) is 0.346. The van der Waals surface area contributed by atoms with Crippen molar-refractivity contribution in [2.45, 2.75) is 50.9 Å². The van der Waals surface area contributed by atoms with Gasteiger partial charge in [-0.1, -0.05) is 25.0 Å². The molecule has 0 N–H and O–H groups in total. The van der Waals surface area contributed by atoms with Crippen LogP contribution in [0, 0.1) is 0 Å². The molecule has 2 heteroatoms. The molecule has 1 aliphatic heterocycles. The van der Waals surface area contributed by atoms with Gasteiger partial charge in [0.2, 0.25) is 0 Å². The standard InChI is InChI=1S/C17H23NO/c1-14(19)17(10-2-3-11-17)15-6-8-16(9-7-15)18-12-4-5-13-18/h6-9H,2-5,10-13H2,1H3. The first kappa shape index (κ1) is 12.7. The third kappa shape index (κ3) is 2.18. The molecule has 2 aliphatic rings. The van der Waals surface area contributed by atoms with Gasteiger partial charge in [-0.15, -0.1) is 0 Å². The molecule has 1 heterocycles. The highest BCUT2D eigenvalue weighted by molar-refractivity contribution is 5.88. The zero-order valence-corrected chi connectivity index (χ0v) is 11.8. The van der Waals surface area contributed by atoms with Gasteiger partial charge in [-0.25, -0.2) is 0 Å². The van der Waals surface area contributed by atoms with Crippen molar-refractivity contribution in [1.29, 1.82) is 0 Å². The summed E-state index contributed by atoms with van der Waals surface area (Å²) in [4.78, 5) is 14.5. The van der Waals surface area contributed by atoms with E-state index in [2.05, 4.69) is 29.2 Å². The lowest BCUT2D eigenvalue weighted by atomic mass is 9.76. The van der Waals surface area contributed by atoms with Gasteiger partial charge >= 0.3 is 0 Å². The third-order valence-corrected chi connectivity index (χ3v) is 5.02. The van der Waals surface area contributed by atoms with E-state index in [4.69, 9.17) is 0 Å². The normalized spacial score (nSPS) is 21.8. The molecule has 19 heavy (non-hydrogen) atoms. The number of carbonyl (C=O) groups excluding carboxylic acids is 1. The van der Waals surface area contributed by atoms with Crippen molar-refractivity contribution in [3.8, 4) is 0 Å². The molecule has 2 fully saturated rings. The number of nitrogens with zero attached hydrogens (tertiary/aromatic N) is 1. The Balaban J connectivity index is 1.86. The summed E-state index contributed by atoms with van der Waals surface area (Å²) in [5.41, 5.74) is 2.38. The lowest BCUT2D eigenvalue weighted by molar-refractivity contribution is -0.122. The van der Waals surface area contributed by atoms with E-state index in [1.807, 2.05) is 0 Å². The second-order valence-electron chi connectivity index (χ2n) is 6.09. The monoisotopic (exact) mass is 257 g/mol. The zero-order valence-electron chi connectivity index (χ0n) is 11.8. The van der Waals surface area contributed by atoms with E-state index in [-0.39, 0.29) is 5.41 Å². The van der Waals surface area contributed by atoms with E-state index in [1.165, 1.54) is 50.0 Å². The minimum atomic E-state index is -0.177. The Morgan fingerprint density at radius 3 is 2.11 bits per heavy atom. The van der Waals surface area contributed by atoms with Crippen molar-refractivity contribution >= 4 is 11.5 Å². The molecule has 102 valence electrons. The lowest BCUT2D eigenvalue weighted by Crippen LogP contribution is -2.30. The van der Waals surface area contributed by atoms with Crippen LogP contribution in [0.4, 0.5) is 5.69 Å². The number of carbonyl (C=O) groups is 1. The Hall–Kier alpha value is -1.31. The second kappa shape index (κ2) is 4.99. The SMILES string of the molecule is CC(=O)C1(c2ccc(N3CCCC3)cc2)CCCC1. The van der Waals surface area contributed by atoms with Crippen molar-refractivity contribution in [3.63, 3.8) is 0 Å². The quantitative estimate of drug-likeness (QED) is 0.823. The summed E-state index contributed by atoms with van der Waals surface area (Å²) in [6.45, 7) is 4.12. The molecule has 1 aromatic carbocycles. The number of benzene rings is 1. The van der Waals surface area contributed by atoms with Crippen LogP contribution in [0.25, 0.3) is 0 Å². The number of anilines is 1. The molecule has 3 rings (SSSR count). The molecule has 0 radical (unpaired) electrons. The molecular weight excluding hydrogens is 234 g/mol. The van der Waals surface area contributed by atoms with Gasteiger partial charge in [0.05, 0.1) is 5.41 Å². The topological polar surface area (TPSA) is 20.3 Å². The third-order valence-electron chi connectivity index (χ3n) is 5.02. The highest BCUT2D eigenvalue weighted by Crippen LogP contribution is 2.42. The molecule has 0 bridgehead atoms. The minimum Gasteiger partial charge on any atom is -0.372 e. The predicted octanol–water partition coefficient (Wildman–Crippen LogP) is 3.69. The van der Waals surface area contributed by atoms with Crippen LogP contribution >= 0.6 is 0 Å². The summed E-state index contributed by atoms with van der Waals surface area (Å²) >= 11 is 0. The molecule has 0 unspecified atom stereocenters. The van der Waals surface area contributed by atoms with Crippen molar-refractivity contribution in [1.82, 2.24) is 0 Å². The van der Waals surface area contributed by atoms with Crippen LogP contribution in [0.15, 0.2) is 24.3 Å². The van der Waals surface area contributed by atoms with Crippen molar-refractivity contribution in [2.24, 2.45) is 0 Å². The summed E-state index contributed by atoms with van der Waals surface area (Å²) < 4.78 is 0. The number of ketones is 1. The van der Waals surface area contributed by atoms with Gasteiger partial charge < -0.3 is 4.90 Å². The fraction of sp³-hybridized carbons (Fsp3) is 0.588. The summed E-state index contributed by atoms with van der Waals surface area (Å²) in [7, 11) is 0. The molecule has 1 saturated heterocycles. The lowest BCUT2D eigenvalue weighted by Gasteiger charge is -2.27. The Bertz CT molecular complexity index is 451. The van der Waals surface area contributed by atoms with Gasteiger partial charge in [0, 0.05) is 18.8 Å². The van der Waals surface area contributed by atoms with E-state index in [0.29, 0.717) is 5.78 Å². The van der Waals surface area contributed by atoms with Gasteiger partial charge in [-0.3, -0.25) is 4.79 Å². The van der Waals surface area contributed by atoms with Gasteiger partial charge in [0.1, 0.15) is 5.78 Å². The molecular formula is C17H23NO. The molecule has 2 nitrogen and oxygen atoms in total. The maximum absolute atomic E-state index is 12.1. The zero-order chi connectivity index (χ0) is 13.3. The van der Waals surface area contributed by atoms with Crippen molar-refractivity contribution in [2.75, 3.05) is 18.0 Å². The number of hydrogen-bond donors (Lipinski definition) is 0. The highest BCUT2D eigenvalue weighted by atomic mass is 16.1. The second-order valence-corrected chi connectivity index (χ2v) is 6.09. The van der Waals surface area contributed by atoms with Crippen LogP contribution in [0.3, 0.4) is 0 Å². The fourth-order valence-corrected chi connectivity index (χ4v) is 3.79. The van der Waals surface area contributed by atoms with Crippen molar-refractivity contribution in [3.05, 3.63) is 29.8 Å². The molecule has 1 aliphatic carbocycles. The van der Waals surface area contributed by atoms with Gasteiger partial charge in [-0.2, -0.15) is 0 Å². The fourth-order valence-electron chi connectivity index (χ4n) is 3.79. The Kier molecular flexibility index (Phi) is 3.34. The van der Waals surface area contributed by atoms with Crippen LogP contribution < -0.4 is 4.90 Å². The Morgan fingerprint density at radius 1 is 1.00 bits per heavy atom. The van der Waals surface area contributed by atoms with Crippen LogP contribution in [0.5, 0.6) is 0 Å². The number of hydrogen-bond acceptors (Lipinski definition) is 2. The molecule has 0 spiro atoms. The van der Waals surface area contributed by atoms with E-state index >= 15 is 0 Å². The van der Waals surface area contributed by atoms with E-state index < -0.39 is 0 Å². The number of Topliss-reactive ketones (excluding diaryl/α,β-unsaturated/α-hetero) is 1. The predicted molar refractivity (Wildman–Crippen MR) is 78.7 cm³/mol. The molecule has 0 atom stereocenters. The first-order valence-corrected chi connectivity index (χ1v) is 7.59. The minimum absolute atomic E-state index is 0.177. The highest BCUT2D eigenvalue weighted by Gasteiger charge is 2.39. The van der Waals surface area contributed by atoms with Gasteiger partial charge in [-0.05, 0) is 50.3 Å². The van der Waals surface area contributed by atoms with Crippen LogP contribution in [0.1, 0.15) is 51.0 Å². The summed E-state index contributed by atoms with van der Waals surface area (Å²) in [6, 6.07) is 8.81. The summed E-state index contributed by atoms with van der Waals surface area (Å²) in [6.07, 6.45) is 7.05. The maximum Gasteiger partial charge on any atom is 0.140 e. The van der Waals surface area contributed by atoms with Crippen LogP contribution in [0.2, 0.25) is 0 Å². The average molecular weight is 257 g/mol. The molecule has 0 aromatic heterocycles. The van der Waals surface area contributed by atoms with E-state index in [0.717, 1.165) is 12.8 Å². The summed E-state index contributed by atoms with van der Waals surface area (Å²) in [5, 5.41) is 0. The largest absolute Gasteiger partial charge is 0.372 e. The molecule has 0 amide bonds.